The minimum atomic E-state index is -0.218. The monoisotopic (exact) mass is 321 g/mol. The average molecular weight is 321 g/mol. The predicted molar refractivity (Wildman–Crippen MR) is 91.8 cm³/mol. The van der Waals surface area contributed by atoms with Crippen LogP contribution in [0.2, 0.25) is 0 Å². The fraction of sp³-hybridized carbons (Fsp3) is 0.222. The molecule has 1 amide bonds. The Kier molecular flexibility index (Phi) is 4.96. The predicted octanol–water partition coefficient (Wildman–Crippen LogP) is 2.86. The molecule has 6 heteroatoms. The molecule has 0 aliphatic heterocycles. The Balaban J connectivity index is 2.04. The van der Waals surface area contributed by atoms with Gasteiger partial charge in [0.1, 0.15) is 5.69 Å². The number of nitrogens with zero attached hydrogens (tertiary/aromatic N) is 4. The van der Waals surface area contributed by atoms with Crippen molar-refractivity contribution >= 4 is 5.91 Å². The Hall–Kier alpha value is -3.02. The first-order valence-electron chi connectivity index (χ1n) is 8.01. The summed E-state index contributed by atoms with van der Waals surface area (Å²) in [6.45, 7) is 2.71. The standard InChI is InChI=1S/C18H19N5O/c1-2-3-12-20-18(24)16-17(14-8-7-11-19-13-14)23(22-21-16)15-9-5-4-6-10-15/h4-11,13H,2-3,12H2,1H3,(H,20,24). The molecule has 0 unspecified atom stereocenters. The van der Waals surface area contributed by atoms with Gasteiger partial charge in [-0.2, -0.15) is 0 Å². The van der Waals surface area contributed by atoms with Crippen LogP contribution in [0.5, 0.6) is 0 Å². The molecule has 3 aromatic rings. The first-order chi connectivity index (χ1) is 11.8. The zero-order valence-corrected chi connectivity index (χ0v) is 13.5. The number of carbonyl (C=O) groups is 1. The third kappa shape index (κ3) is 3.32. The first kappa shape index (κ1) is 15.9. The van der Waals surface area contributed by atoms with Crippen LogP contribution >= 0.6 is 0 Å². The van der Waals surface area contributed by atoms with Crippen molar-refractivity contribution in [2.45, 2.75) is 19.8 Å². The van der Waals surface area contributed by atoms with Crippen LogP contribution in [0.15, 0.2) is 54.9 Å². The molecule has 0 radical (unpaired) electrons. The quantitative estimate of drug-likeness (QED) is 0.709. The fourth-order valence-electron chi connectivity index (χ4n) is 2.41. The highest BCUT2D eigenvalue weighted by molar-refractivity contribution is 5.98. The second-order valence-electron chi connectivity index (χ2n) is 5.39. The van der Waals surface area contributed by atoms with Gasteiger partial charge in [0.2, 0.25) is 0 Å². The van der Waals surface area contributed by atoms with Crippen molar-refractivity contribution in [3.8, 4) is 16.9 Å². The highest BCUT2D eigenvalue weighted by Gasteiger charge is 2.21. The summed E-state index contributed by atoms with van der Waals surface area (Å²) in [5.74, 6) is -0.218. The normalized spacial score (nSPS) is 10.5. The average Bonchev–Trinajstić information content (AvgIpc) is 3.08. The van der Waals surface area contributed by atoms with E-state index in [4.69, 9.17) is 0 Å². The second-order valence-corrected chi connectivity index (χ2v) is 5.39. The SMILES string of the molecule is CCCCNC(=O)c1nnn(-c2ccccc2)c1-c1cccnc1. The summed E-state index contributed by atoms with van der Waals surface area (Å²) < 4.78 is 1.67. The Morgan fingerprint density at radius 1 is 1.17 bits per heavy atom. The number of rotatable bonds is 6. The van der Waals surface area contributed by atoms with Gasteiger partial charge < -0.3 is 5.32 Å². The Morgan fingerprint density at radius 2 is 2.00 bits per heavy atom. The lowest BCUT2D eigenvalue weighted by molar-refractivity contribution is 0.0949. The highest BCUT2D eigenvalue weighted by Crippen LogP contribution is 2.24. The molecule has 0 spiro atoms. The van der Waals surface area contributed by atoms with E-state index >= 15 is 0 Å². The molecule has 1 N–H and O–H groups in total. The number of amides is 1. The Bertz CT molecular complexity index is 799. The van der Waals surface area contributed by atoms with Gasteiger partial charge in [-0.25, -0.2) is 4.68 Å². The molecule has 1 aromatic carbocycles. The number of unbranched alkanes of at least 4 members (excludes halogenated alkanes) is 1. The van der Waals surface area contributed by atoms with Gasteiger partial charge in [-0.1, -0.05) is 36.8 Å². The largest absolute Gasteiger partial charge is 0.351 e. The van der Waals surface area contributed by atoms with Crippen LogP contribution in [0, 0.1) is 0 Å². The zero-order valence-electron chi connectivity index (χ0n) is 13.5. The lowest BCUT2D eigenvalue weighted by atomic mass is 10.1. The van der Waals surface area contributed by atoms with Gasteiger partial charge in [0.25, 0.3) is 5.91 Å². The van der Waals surface area contributed by atoms with E-state index in [0.29, 0.717) is 17.9 Å². The molecule has 0 saturated carbocycles. The molecule has 122 valence electrons. The second kappa shape index (κ2) is 7.50. The van der Waals surface area contributed by atoms with Crippen LogP contribution in [0.1, 0.15) is 30.3 Å². The van der Waals surface area contributed by atoms with Crippen LogP contribution in [-0.4, -0.2) is 32.4 Å². The van der Waals surface area contributed by atoms with Gasteiger partial charge in [-0.15, -0.1) is 5.10 Å². The number of para-hydroxylation sites is 1. The summed E-state index contributed by atoms with van der Waals surface area (Å²) in [6, 6.07) is 13.4. The summed E-state index contributed by atoms with van der Waals surface area (Å²) >= 11 is 0. The van der Waals surface area contributed by atoms with E-state index < -0.39 is 0 Å². The van der Waals surface area contributed by atoms with Gasteiger partial charge in [0, 0.05) is 24.5 Å². The maximum absolute atomic E-state index is 12.5. The van der Waals surface area contributed by atoms with Gasteiger partial charge >= 0.3 is 0 Å². The van der Waals surface area contributed by atoms with E-state index in [1.807, 2.05) is 42.5 Å². The minimum Gasteiger partial charge on any atom is -0.351 e. The molecule has 0 bridgehead atoms. The maximum Gasteiger partial charge on any atom is 0.274 e. The van der Waals surface area contributed by atoms with Gasteiger partial charge in [-0.05, 0) is 30.7 Å². The molecular weight excluding hydrogens is 302 g/mol. The van der Waals surface area contributed by atoms with E-state index in [-0.39, 0.29) is 5.91 Å². The molecule has 3 rings (SSSR count). The molecule has 0 atom stereocenters. The molecule has 24 heavy (non-hydrogen) atoms. The van der Waals surface area contributed by atoms with Crippen molar-refractivity contribution in [2.75, 3.05) is 6.54 Å². The third-order valence-corrected chi connectivity index (χ3v) is 3.64. The molecule has 6 nitrogen and oxygen atoms in total. The molecule has 0 fully saturated rings. The molecular formula is C18H19N5O. The number of carbonyl (C=O) groups excluding carboxylic acids is 1. The zero-order chi connectivity index (χ0) is 16.8. The topological polar surface area (TPSA) is 72.7 Å². The van der Waals surface area contributed by atoms with E-state index in [9.17, 15) is 4.79 Å². The van der Waals surface area contributed by atoms with Crippen LogP contribution in [0.3, 0.4) is 0 Å². The van der Waals surface area contributed by atoms with Gasteiger partial charge in [0.15, 0.2) is 5.69 Å². The summed E-state index contributed by atoms with van der Waals surface area (Å²) in [7, 11) is 0. The van der Waals surface area contributed by atoms with E-state index in [1.165, 1.54) is 0 Å². The number of pyridine rings is 1. The molecule has 0 aliphatic carbocycles. The summed E-state index contributed by atoms with van der Waals surface area (Å²) in [5, 5.41) is 11.2. The van der Waals surface area contributed by atoms with E-state index in [1.54, 1.807) is 17.1 Å². The lowest BCUT2D eigenvalue weighted by Crippen LogP contribution is -2.25. The lowest BCUT2D eigenvalue weighted by Gasteiger charge is -2.08. The van der Waals surface area contributed by atoms with Crippen molar-refractivity contribution in [3.05, 3.63) is 60.6 Å². The molecule has 0 aliphatic rings. The van der Waals surface area contributed by atoms with Crippen molar-refractivity contribution in [1.82, 2.24) is 25.3 Å². The van der Waals surface area contributed by atoms with E-state index in [2.05, 4.69) is 27.5 Å². The molecule has 2 heterocycles. The number of aromatic nitrogens is 4. The van der Waals surface area contributed by atoms with Crippen LogP contribution < -0.4 is 5.32 Å². The third-order valence-electron chi connectivity index (χ3n) is 3.64. The smallest absolute Gasteiger partial charge is 0.274 e. The van der Waals surface area contributed by atoms with Crippen LogP contribution in [0.4, 0.5) is 0 Å². The Labute approximate surface area is 140 Å². The number of benzene rings is 1. The van der Waals surface area contributed by atoms with Crippen LogP contribution in [-0.2, 0) is 0 Å². The first-order valence-corrected chi connectivity index (χ1v) is 8.01. The van der Waals surface area contributed by atoms with Gasteiger partial charge in [0.05, 0.1) is 5.69 Å². The Morgan fingerprint density at radius 3 is 2.71 bits per heavy atom. The van der Waals surface area contributed by atoms with Gasteiger partial charge in [-0.3, -0.25) is 9.78 Å². The summed E-state index contributed by atoms with van der Waals surface area (Å²) in [4.78, 5) is 16.7. The van der Waals surface area contributed by atoms with Crippen molar-refractivity contribution in [3.63, 3.8) is 0 Å². The molecule has 2 aromatic heterocycles. The van der Waals surface area contributed by atoms with Crippen molar-refractivity contribution < 1.29 is 4.79 Å². The summed E-state index contributed by atoms with van der Waals surface area (Å²) in [5.41, 5.74) is 2.59. The fourth-order valence-corrected chi connectivity index (χ4v) is 2.41. The van der Waals surface area contributed by atoms with Crippen LogP contribution in [0.25, 0.3) is 16.9 Å². The van der Waals surface area contributed by atoms with Crippen molar-refractivity contribution in [2.24, 2.45) is 0 Å². The highest BCUT2D eigenvalue weighted by atomic mass is 16.2. The molecule has 0 saturated heterocycles. The summed E-state index contributed by atoms with van der Waals surface area (Å²) in [6.07, 6.45) is 5.36. The minimum absolute atomic E-state index is 0.218. The number of hydrogen-bond donors (Lipinski definition) is 1. The van der Waals surface area contributed by atoms with Crippen molar-refractivity contribution in [1.29, 1.82) is 0 Å². The maximum atomic E-state index is 12.5. The number of nitrogens with one attached hydrogen (secondary N) is 1. The van der Waals surface area contributed by atoms with E-state index in [0.717, 1.165) is 24.1 Å². The number of hydrogen-bond acceptors (Lipinski definition) is 4.